The van der Waals surface area contributed by atoms with Crippen LogP contribution in [-0.4, -0.2) is 62.1 Å². The van der Waals surface area contributed by atoms with E-state index in [1.165, 1.54) is 0 Å². The Kier molecular flexibility index (Phi) is 6.25. The van der Waals surface area contributed by atoms with Crippen molar-refractivity contribution in [1.82, 2.24) is 24.3 Å². The summed E-state index contributed by atoms with van der Waals surface area (Å²) in [4.78, 5) is 29.9. The molecule has 4 aromatic heterocycles. The minimum Gasteiger partial charge on any atom is -0.444 e. The second-order valence-electron chi connectivity index (χ2n) is 10.1. The van der Waals surface area contributed by atoms with E-state index in [9.17, 15) is 10.1 Å². The van der Waals surface area contributed by atoms with Crippen molar-refractivity contribution in [1.29, 1.82) is 5.26 Å². The Morgan fingerprint density at radius 1 is 0.946 bits per heavy atom. The maximum absolute atomic E-state index is 12.4. The number of carbonyl (C=O) groups is 1. The Morgan fingerprint density at radius 3 is 2.30 bits per heavy atom. The number of rotatable bonds is 3. The molecule has 1 aliphatic heterocycles. The van der Waals surface area contributed by atoms with Crippen LogP contribution in [0.1, 0.15) is 32.0 Å². The second kappa shape index (κ2) is 9.54. The summed E-state index contributed by atoms with van der Waals surface area (Å²) >= 11 is 0. The third-order valence-corrected chi connectivity index (χ3v) is 6.27. The number of hydrogen-bond donors (Lipinski definition) is 0. The van der Waals surface area contributed by atoms with Gasteiger partial charge in [0.2, 0.25) is 0 Å². The fourth-order valence-corrected chi connectivity index (χ4v) is 4.35. The molecule has 0 N–H and O–H groups in total. The van der Waals surface area contributed by atoms with Gasteiger partial charge in [-0.2, -0.15) is 5.26 Å². The fourth-order valence-electron chi connectivity index (χ4n) is 4.35. The van der Waals surface area contributed by atoms with Crippen molar-refractivity contribution in [2.75, 3.05) is 31.1 Å². The molecule has 0 aliphatic carbocycles. The lowest BCUT2D eigenvalue weighted by Gasteiger charge is -2.36. The molecular formula is C28H29N7O2. The third kappa shape index (κ3) is 5.09. The van der Waals surface area contributed by atoms with E-state index in [4.69, 9.17) is 9.72 Å². The zero-order valence-corrected chi connectivity index (χ0v) is 21.5. The van der Waals surface area contributed by atoms with Crippen molar-refractivity contribution in [3.63, 3.8) is 0 Å². The van der Waals surface area contributed by atoms with E-state index >= 15 is 0 Å². The number of nitriles is 1. The smallest absolute Gasteiger partial charge is 0.410 e. The number of carbonyl (C=O) groups excluding carboxylic acids is 1. The highest BCUT2D eigenvalue weighted by molar-refractivity contribution is 5.73. The van der Waals surface area contributed by atoms with Gasteiger partial charge in [-0.05, 0) is 52.0 Å². The fraction of sp³-hybridized carbons (Fsp3) is 0.321. The zero-order chi connectivity index (χ0) is 26.2. The average molecular weight is 496 g/mol. The molecule has 1 fully saturated rings. The summed E-state index contributed by atoms with van der Waals surface area (Å²) in [7, 11) is 0. The van der Waals surface area contributed by atoms with Crippen LogP contribution in [0.3, 0.4) is 0 Å². The molecule has 5 rings (SSSR count). The van der Waals surface area contributed by atoms with E-state index in [0.717, 1.165) is 33.9 Å². The SMILES string of the molecule is Cc1ccc(-c2cc(C#N)c3ncc(-c4ccc(N5CCN(C(=O)OC(C)(C)C)CC5)nc4)n3c2)cn1. The van der Waals surface area contributed by atoms with E-state index in [1.54, 1.807) is 11.1 Å². The average Bonchev–Trinajstić information content (AvgIpc) is 3.32. The monoisotopic (exact) mass is 495 g/mol. The number of anilines is 1. The maximum atomic E-state index is 12.4. The molecule has 0 spiro atoms. The normalized spacial score (nSPS) is 14.0. The van der Waals surface area contributed by atoms with Crippen molar-refractivity contribution in [3.05, 3.63) is 66.4 Å². The molecule has 4 aromatic rings. The van der Waals surface area contributed by atoms with Crippen LogP contribution in [-0.2, 0) is 4.74 Å². The molecule has 37 heavy (non-hydrogen) atoms. The van der Waals surface area contributed by atoms with E-state index in [-0.39, 0.29) is 6.09 Å². The van der Waals surface area contributed by atoms with Gasteiger partial charge in [-0.1, -0.05) is 6.07 Å². The molecular weight excluding hydrogens is 466 g/mol. The van der Waals surface area contributed by atoms with Crippen LogP contribution in [0.4, 0.5) is 10.6 Å². The van der Waals surface area contributed by atoms with E-state index < -0.39 is 5.60 Å². The topological polar surface area (TPSA) is 99.7 Å². The largest absolute Gasteiger partial charge is 0.444 e. The summed E-state index contributed by atoms with van der Waals surface area (Å²) in [5.41, 5.74) is 5.10. The summed E-state index contributed by atoms with van der Waals surface area (Å²) in [6.45, 7) is 10.1. The van der Waals surface area contributed by atoms with Crippen LogP contribution in [0, 0.1) is 18.3 Å². The highest BCUT2D eigenvalue weighted by Crippen LogP contribution is 2.28. The van der Waals surface area contributed by atoms with Crippen LogP contribution >= 0.6 is 0 Å². The summed E-state index contributed by atoms with van der Waals surface area (Å²) in [6, 6.07) is 12.1. The van der Waals surface area contributed by atoms with Crippen LogP contribution < -0.4 is 4.90 Å². The number of piperazine rings is 1. The number of imidazole rings is 1. The molecule has 0 aromatic carbocycles. The van der Waals surface area contributed by atoms with Crippen LogP contribution in [0.2, 0.25) is 0 Å². The van der Waals surface area contributed by atoms with Gasteiger partial charge in [-0.25, -0.2) is 14.8 Å². The van der Waals surface area contributed by atoms with Gasteiger partial charge in [-0.15, -0.1) is 0 Å². The van der Waals surface area contributed by atoms with E-state index in [0.29, 0.717) is 37.4 Å². The molecule has 0 unspecified atom stereocenters. The molecule has 188 valence electrons. The van der Waals surface area contributed by atoms with E-state index in [2.05, 4.69) is 20.9 Å². The first-order valence-corrected chi connectivity index (χ1v) is 12.3. The van der Waals surface area contributed by atoms with Gasteiger partial charge < -0.3 is 14.5 Å². The molecule has 0 radical (unpaired) electrons. The summed E-state index contributed by atoms with van der Waals surface area (Å²) in [5.74, 6) is 0.852. The van der Waals surface area contributed by atoms with Crippen molar-refractivity contribution in [3.8, 4) is 28.5 Å². The maximum Gasteiger partial charge on any atom is 0.410 e. The lowest BCUT2D eigenvalue weighted by Crippen LogP contribution is -2.50. The molecule has 0 saturated carbocycles. The molecule has 9 heteroatoms. The molecule has 1 saturated heterocycles. The Bertz CT molecular complexity index is 1470. The summed E-state index contributed by atoms with van der Waals surface area (Å²) < 4.78 is 7.42. The number of amides is 1. The number of fused-ring (bicyclic) bond motifs is 1. The first kappa shape index (κ1) is 24.3. The lowest BCUT2D eigenvalue weighted by molar-refractivity contribution is 0.0240. The molecule has 0 atom stereocenters. The molecule has 1 amide bonds. The molecule has 9 nitrogen and oxygen atoms in total. The van der Waals surface area contributed by atoms with Crippen LogP contribution in [0.15, 0.2) is 55.1 Å². The Labute approximate surface area is 216 Å². The van der Waals surface area contributed by atoms with Gasteiger partial charge in [0, 0.05) is 67.2 Å². The number of hydrogen-bond acceptors (Lipinski definition) is 7. The molecule has 0 bridgehead atoms. The Hall–Kier alpha value is -4.45. The minimum absolute atomic E-state index is 0.277. The molecule has 5 heterocycles. The Morgan fingerprint density at radius 2 is 1.68 bits per heavy atom. The highest BCUT2D eigenvalue weighted by Gasteiger charge is 2.26. The number of aromatic nitrogens is 4. The van der Waals surface area contributed by atoms with Gasteiger partial charge in [0.15, 0.2) is 5.65 Å². The van der Waals surface area contributed by atoms with Gasteiger partial charge in [0.05, 0.1) is 17.5 Å². The number of nitrogens with zero attached hydrogens (tertiary/aromatic N) is 7. The van der Waals surface area contributed by atoms with Gasteiger partial charge in [-0.3, -0.25) is 9.38 Å². The minimum atomic E-state index is -0.505. The van der Waals surface area contributed by atoms with Crippen molar-refractivity contribution in [2.45, 2.75) is 33.3 Å². The summed E-state index contributed by atoms with van der Waals surface area (Å²) in [5, 5.41) is 9.75. The standard InChI is InChI=1S/C28H29N7O2/c1-19-5-6-20(15-30-19)23-13-22(14-29)26-32-17-24(35(26)18-23)21-7-8-25(31-16-21)33-9-11-34(12-10-33)27(36)37-28(2,3)4/h5-8,13,15-18H,9-12H2,1-4H3. The Balaban J connectivity index is 1.37. The summed E-state index contributed by atoms with van der Waals surface area (Å²) in [6.07, 6.45) is 7.11. The van der Waals surface area contributed by atoms with Gasteiger partial charge in [0.1, 0.15) is 17.5 Å². The van der Waals surface area contributed by atoms with Gasteiger partial charge in [0.25, 0.3) is 0 Å². The van der Waals surface area contributed by atoms with Crippen molar-refractivity contribution < 1.29 is 9.53 Å². The van der Waals surface area contributed by atoms with E-state index in [1.807, 2.05) is 81.0 Å². The second-order valence-corrected chi connectivity index (χ2v) is 10.1. The number of ether oxygens (including phenoxy) is 1. The van der Waals surface area contributed by atoms with Crippen LogP contribution in [0.25, 0.3) is 28.0 Å². The zero-order valence-electron chi connectivity index (χ0n) is 21.5. The molecule has 1 aliphatic rings. The van der Waals surface area contributed by atoms with Crippen molar-refractivity contribution in [2.24, 2.45) is 0 Å². The van der Waals surface area contributed by atoms with Crippen LogP contribution in [0.5, 0.6) is 0 Å². The third-order valence-electron chi connectivity index (χ3n) is 6.27. The first-order valence-electron chi connectivity index (χ1n) is 12.3. The predicted octanol–water partition coefficient (Wildman–Crippen LogP) is 4.70. The first-order chi connectivity index (χ1) is 17.7. The number of pyridine rings is 3. The highest BCUT2D eigenvalue weighted by atomic mass is 16.6. The number of aryl methyl sites for hydroxylation is 1. The quantitative estimate of drug-likeness (QED) is 0.406. The van der Waals surface area contributed by atoms with Crippen molar-refractivity contribution >= 4 is 17.6 Å². The predicted molar refractivity (Wildman–Crippen MR) is 141 cm³/mol. The lowest BCUT2D eigenvalue weighted by atomic mass is 10.1. The van der Waals surface area contributed by atoms with Gasteiger partial charge >= 0.3 is 6.09 Å².